The number of hydrogen-bond donors (Lipinski definition) is 0. The van der Waals surface area contributed by atoms with Crippen LogP contribution in [0.15, 0.2) is 18.7 Å². The van der Waals surface area contributed by atoms with Crippen molar-refractivity contribution in [3.63, 3.8) is 0 Å². The fraction of sp³-hybridized carbons (Fsp3) is 0.611. The minimum atomic E-state index is -0.0470. The first-order chi connectivity index (χ1) is 12.8. The molecular formula is C18H25N7O. The zero-order valence-electron chi connectivity index (χ0n) is 15.2. The van der Waals surface area contributed by atoms with E-state index in [1.54, 1.807) is 17.3 Å². The topological polar surface area (TPSA) is 80.0 Å². The zero-order valence-corrected chi connectivity index (χ0v) is 15.2. The molecule has 0 saturated carbocycles. The van der Waals surface area contributed by atoms with Crippen LogP contribution in [0.5, 0.6) is 0 Å². The van der Waals surface area contributed by atoms with Crippen molar-refractivity contribution in [3.05, 3.63) is 35.9 Å². The predicted molar refractivity (Wildman–Crippen MR) is 95.5 cm³/mol. The Morgan fingerprint density at radius 1 is 1.12 bits per heavy atom. The van der Waals surface area contributed by atoms with Gasteiger partial charge in [0, 0.05) is 31.4 Å². The van der Waals surface area contributed by atoms with Gasteiger partial charge in [-0.3, -0.25) is 4.79 Å². The van der Waals surface area contributed by atoms with E-state index >= 15 is 0 Å². The Morgan fingerprint density at radius 3 is 2.62 bits per heavy atom. The van der Waals surface area contributed by atoms with Gasteiger partial charge in [0.2, 0.25) is 0 Å². The number of fused-ring (bicyclic) bond motifs is 1. The second kappa shape index (κ2) is 7.49. The van der Waals surface area contributed by atoms with Gasteiger partial charge in [-0.15, -0.1) is 10.2 Å². The monoisotopic (exact) mass is 355 g/mol. The molecule has 0 atom stereocenters. The molecule has 1 fully saturated rings. The molecule has 2 aromatic heterocycles. The number of piperidine rings is 1. The van der Waals surface area contributed by atoms with Crippen molar-refractivity contribution in [1.82, 2.24) is 34.5 Å². The minimum Gasteiger partial charge on any atom is -0.329 e. The van der Waals surface area contributed by atoms with Crippen molar-refractivity contribution < 1.29 is 4.79 Å². The molecule has 8 nitrogen and oxygen atoms in total. The fourth-order valence-electron chi connectivity index (χ4n) is 3.98. The summed E-state index contributed by atoms with van der Waals surface area (Å²) in [6, 6.07) is 0. The van der Waals surface area contributed by atoms with E-state index in [1.165, 1.54) is 19.3 Å². The first kappa shape index (κ1) is 17.1. The summed E-state index contributed by atoms with van der Waals surface area (Å²) in [4.78, 5) is 24.8. The maximum Gasteiger partial charge on any atom is 0.257 e. The van der Waals surface area contributed by atoms with E-state index in [9.17, 15) is 4.79 Å². The Bertz CT molecular complexity index is 752. The van der Waals surface area contributed by atoms with Gasteiger partial charge in [-0.2, -0.15) is 0 Å². The minimum absolute atomic E-state index is 0.0470. The number of rotatable bonds is 4. The Hall–Kier alpha value is -2.35. The van der Waals surface area contributed by atoms with Crippen molar-refractivity contribution in [2.24, 2.45) is 0 Å². The van der Waals surface area contributed by atoms with E-state index in [1.807, 2.05) is 0 Å². The number of likely N-dealkylation sites (tertiary alicyclic amines) is 1. The molecule has 26 heavy (non-hydrogen) atoms. The third-order valence-electron chi connectivity index (χ3n) is 5.37. The van der Waals surface area contributed by atoms with E-state index in [-0.39, 0.29) is 5.91 Å². The van der Waals surface area contributed by atoms with Crippen LogP contribution in [0.3, 0.4) is 0 Å². The highest BCUT2D eigenvalue weighted by molar-refractivity contribution is 5.93. The van der Waals surface area contributed by atoms with E-state index in [0.717, 1.165) is 44.1 Å². The SMILES string of the molecule is CCCN1CCC(c2nnc3n2CCN(C(=O)c2cncnc2)C3)CC1. The second-order valence-corrected chi connectivity index (χ2v) is 7.10. The molecule has 1 amide bonds. The summed E-state index contributed by atoms with van der Waals surface area (Å²) in [5.41, 5.74) is 0.518. The Labute approximate surface area is 153 Å². The summed E-state index contributed by atoms with van der Waals surface area (Å²) < 4.78 is 2.23. The zero-order chi connectivity index (χ0) is 17.9. The summed E-state index contributed by atoms with van der Waals surface area (Å²) >= 11 is 0. The lowest BCUT2D eigenvalue weighted by Crippen LogP contribution is -2.39. The summed E-state index contributed by atoms with van der Waals surface area (Å²) in [6.07, 6.45) is 8.04. The maximum absolute atomic E-state index is 12.6. The van der Waals surface area contributed by atoms with Gasteiger partial charge in [0.25, 0.3) is 5.91 Å². The molecule has 0 bridgehead atoms. The highest BCUT2D eigenvalue weighted by atomic mass is 16.2. The molecule has 0 aliphatic carbocycles. The van der Waals surface area contributed by atoms with E-state index in [4.69, 9.17) is 0 Å². The van der Waals surface area contributed by atoms with Gasteiger partial charge in [-0.05, 0) is 38.9 Å². The first-order valence-corrected chi connectivity index (χ1v) is 9.45. The number of nitrogens with zero attached hydrogens (tertiary/aromatic N) is 7. The molecule has 0 spiro atoms. The van der Waals surface area contributed by atoms with Crippen LogP contribution in [0, 0.1) is 0 Å². The Morgan fingerprint density at radius 2 is 1.88 bits per heavy atom. The molecule has 0 unspecified atom stereocenters. The molecule has 2 aliphatic heterocycles. The Balaban J connectivity index is 1.43. The standard InChI is InChI=1S/C18H25N7O/c1-2-5-23-6-3-14(4-7-23)17-22-21-16-12-24(8-9-25(16)17)18(26)15-10-19-13-20-11-15/h10-11,13-14H,2-9,12H2,1H3. The van der Waals surface area contributed by atoms with Crippen LogP contribution in [0.2, 0.25) is 0 Å². The van der Waals surface area contributed by atoms with Gasteiger partial charge in [-0.1, -0.05) is 6.92 Å². The Kier molecular flexibility index (Phi) is 4.92. The molecule has 0 aromatic carbocycles. The molecule has 8 heteroatoms. The van der Waals surface area contributed by atoms with Gasteiger partial charge in [0.15, 0.2) is 5.82 Å². The van der Waals surface area contributed by atoms with E-state index < -0.39 is 0 Å². The summed E-state index contributed by atoms with van der Waals surface area (Å²) in [6.45, 7) is 7.61. The van der Waals surface area contributed by atoms with Crippen LogP contribution in [0.4, 0.5) is 0 Å². The van der Waals surface area contributed by atoms with Crippen LogP contribution < -0.4 is 0 Å². The van der Waals surface area contributed by atoms with Gasteiger partial charge >= 0.3 is 0 Å². The van der Waals surface area contributed by atoms with Crippen molar-refractivity contribution in [2.75, 3.05) is 26.2 Å². The number of amides is 1. The van der Waals surface area contributed by atoms with Crippen LogP contribution >= 0.6 is 0 Å². The van der Waals surface area contributed by atoms with Crippen molar-refractivity contribution in [3.8, 4) is 0 Å². The highest BCUT2D eigenvalue weighted by Crippen LogP contribution is 2.28. The maximum atomic E-state index is 12.6. The molecule has 138 valence electrons. The molecule has 0 N–H and O–H groups in total. The van der Waals surface area contributed by atoms with Crippen molar-refractivity contribution in [1.29, 1.82) is 0 Å². The summed E-state index contributed by atoms with van der Waals surface area (Å²) in [5, 5.41) is 8.88. The highest BCUT2D eigenvalue weighted by Gasteiger charge is 2.30. The molecule has 4 heterocycles. The van der Waals surface area contributed by atoms with Crippen molar-refractivity contribution >= 4 is 5.91 Å². The van der Waals surface area contributed by atoms with Crippen LogP contribution in [0.1, 0.15) is 54.1 Å². The largest absolute Gasteiger partial charge is 0.329 e. The molecule has 0 radical (unpaired) electrons. The lowest BCUT2D eigenvalue weighted by atomic mass is 9.95. The average Bonchev–Trinajstić information content (AvgIpc) is 3.12. The molecule has 2 aromatic rings. The lowest BCUT2D eigenvalue weighted by molar-refractivity contribution is 0.0704. The smallest absolute Gasteiger partial charge is 0.257 e. The predicted octanol–water partition coefficient (Wildman–Crippen LogP) is 1.31. The van der Waals surface area contributed by atoms with Crippen LogP contribution in [-0.2, 0) is 13.1 Å². The molecule has 4 rings (SSSR count). The quantitative estimate of drug-likeness (QED) is 0.823. The van der Waals surface area contributed by atoms with Gasteiger partial charge in [0.05, 0.1) is 12.1 Å². The van der Waals surface area contributed by atoms with E-state index in [0.29, 0.717) is 24.6 Å². The van der Waals surface area contributed by atoms with E-state index in [2.05, 4.69) is 36.6 Å². The molecular weight excluding hydrogens is 330 g/mol. The number of carbonyl (C=O) groups excluding carboxylic acids is 1. The number of carbonyl (C=O) groups is 1. The summed E-state index contributed by atoms with van der Waals surface area (Å²) in [5.74, 6) is 2.42. The van der Waals surface area contributed by atoms with Crippen molar-refractivity contribution in [2.45, 2.75) is 45.2 Å². The lowest BCUT2D eigenvalue weighted by Gasteiger charge is -2.33. The average molecular weight is 355 g/mol. The summed E-state index contributed by atoms with van der Waals surface area (Å²) in [7, 11) is 0. The molecule has 1 saturated heterocycles. The molecule has 2 aliphatic rings. The normalized spacial score (nSPS) is 18.7. The first-order valence-electron chi connectivity index (χ1n) is 9.45. The number of hydrogen-bond acceptors (Lipinski definition) is 6. The van der Waals surface area contributed by atoms with Gasteiger partial charge in [0.1, 0.15) is 12.2 Å². The number of aromatic nitrogens is 5. The third-order valence-corrected chi connectivity index (χ3v) is 5.37. The van der Waals surface area contributed by atoms with Gasteiger partial charge < -0.3 is 14.4 Å². The second-order valence-electron chi connectivity index (χ2n) is 7.10. The van der Waals surface area contributed by atoms with Crippen LogP contribution in [0.25, 0.3) is 0 Å². The fourth-order valence-corrected chi connectivity index (χ4v) is 3.98. The third kappa shape index (κ3) is 3.33. The van der Waals surface area contributed by atoms with Crippen LogP contribution in [-0.4, -0.2) is 66.6 Å². The van der Waals surface area contributed by atoms with Gasteiger partial charge in [-0.25, -0.2) is 9.97 Å².